The molecule has 0 spiro atoms. The van der Waals surface area contributed by atoms with Crippen LogP contribution in [-0.4, -0.2) is 16.9 Å². The van der Waals surface area contributed by atoms with Crippen LogP contribution in [-0.2, 0) is 20.7 Å². The van der Waals surface area contributed by atoms with Crippen molar-refractivity contribution in [3.05, 3.63) is 23.0 Å². The Balaban J connectivity index is 1.71. The molecule has 1 saturated carbocycles. The topological polar surface area (TPSA) is 68.3 Å². The van der Waals surface area contributed by atoms with Crippen LogP contribution in [0.3, 0.4) is 0 Å². The first-order valence-electron chi connectivity index (χ1n) is 9.52. The summed E-state index contributed by atoms with van der Waals surface area (Å²) in [6.07, 6.45) is 11.1. The summed E-state index contributed by atoms with van der Waals surface area (Å²) in [7, 11) is 0. The Bertz CT molecular complexity index is 649. The Labute approximate surface area is 149 Å². The molecule has 1 N–H and O–H groups in total. The van der Waals surface area contributed by atoms with Gasteiger partial charge in [0.05, 0.1) is 17.6 Å². The number of esters is 1. The SMILES string of the molecule is CC(=O)OC1CCc2c1ncc(NC(=O)C1CCCCCCC1)c2C. The molecule has 1 fully saturated rings. The molecule has 0 aromatic carbocycles. The quantitative estimate of drug-likeness (QED) is 0.833. The fourth-order valence-corrected chi connectivity index (χ4v) is 4.06. The first-order chi connectivity index (χ1) is 12.1. The lowest BCUT2D eigenvalue weighted by molar-refractivity contribution is -0.146. The van der Waals surface area contributed by atoms with Crippen molar-refractivity contribution in [1.29, 1.82) is 0 Å². The molecule has 3 rings (SSSR count). The van der Waals surface area contributed by atoms with Crippen molar-refractivity contribution >= 4 is 17.6 Å². The van der Waals surface area contributed by atoms with Crippen LogP contribution >= 0.6 is 0 Å². The highest BCUT2D eigenvalue weighted by Gasteiger charge is 2.29. The number of carbonyl (C=O) groups excluding carboxylic acids is 2. The molecule has 0 radical (unpaired) electrons. The number of hydrogen-bond donors (Lipinski definition) is 1. The van der Waals surface area contributed by atoms with Crippen LogP contribution < -0.4 is 5.32 Å². The maximum atomic E-state index is 12.7. The highest BCUT2D eigenvalue weighted by molar-refractivity contribution is 5.93. The Kier molecular flexibility index (Phi) is 5.71. The molecule has 0 aliphatic heterocycles. The number of rotatable bonds is 3. The van der Waals surface area contributed by atoms with E-state index >= 15 is 0 Å². The van der Waals surface area contributed by atoms with Gasteiger partial charge in [-0.3, -0.25) is 14.6 Å². The van der Waals surface area contributed by atoms with E-state index in [0.717, 1.165) is 61.0 Å². The first-order valence-corrected chi connectivity index (χ1v) is 9.52. The van der Waals surface area contributed by atoms with Crippen LogP contribution in [0.1, 0.15) is 81.2 Å². The van der Waals surface area contributed by atoms with Gasteiger partial charge in [-0.1, -0.05) is 32.1 Å². The largest absolute Gasteiger partial charge is 0.456 e. The smallest absolute Gasteiger partial charge is 0.303 e. The first kappa shape index (κ1) is 17.9. The van der Waals surface area contributed by atoms with E-state index in [1.807, 2.05) is 6.92 Å². The minimum atomic E-state index is -0.279. The summed E-state index contributed by atoms with van der Waals surface area (Å²) in [5, 5.41) is 3.10. The molecule has 1 unspecified atom stereocenters. The summed E-state index contributed by atoms with van der Waals surface area (Å²) in [5.74, 6) is -0.0398. The number of fused-ring (bicyclic) bond motifs is 1. The van der Waals surface area contributed by atoms with E-state index in [1.165, 1.54) is 26.2 Å². The Morgan fingerprint density at radius 2 is 1.80 bits per heavy atom. The van der Waals surface area contributed by atoms with Crippen molar-refractivity contribution in [2.24, 2.45) is 5.92 Å². The minimum Gasteiger partial charge on any atom is -0.456 e. The van der Waals surface area contributed by atoms with E-state index in [2.05, 4.69) is 10.3 Å². The molecule has 25 heavy (non-hydrogen) atoms. The van der Waals surface area contributed by atoms with Crippen molar-refractivity contribution < 1.29 is 14.3 Å². The van der Waals surface area contributed by atoms with Crippen LogP contribution in [0.15, 0.2) is 6.20 Å². The molecule has 5 nitrogen and oxygen atoms in total. The third-order valence-electron chi connectivity index (χ3n) is 5.50. The highest BCUT2D eigenvalue weighted by Crippen LogP contribution is 2.37. The van der Waals surface area contributed by atoms with Crippen LogP contribution in [0.4, 0.5) is 5.69 Å². The van der Waals surface area contributed by atoms with Crippen LogP contribution in [0.5, 0.6) is 0 Å². The lowest BCUT2D eigenvalue weighted by atomic mass is 9.90. The van der Waals surface area contributed by atoms with Gasteiger partial charge in [-0.05, 0) is 43.7 Å². The summed E-state index contributed by atoms with van der Waals surface area (Å²) >= 11 is 0. The van der Waals surface area contributed by atoms with Crippen molar-refractivity contribution in [3.8, 4) is 0 Å². The van der Waals surface area contributed by atoms with Crippen LogP contribution in [0.25, 0.3) is 0 Å². The molecule has 2 aliphatic carbocycles. The van der Waals surface area contributed by atoms with Gasteiger partial charge >= 0.3 is 5.97 Å². The lowest BCUT2D eigenvalue weighted by Crippen LogP contribution is -2.24. The van der Waals surface area contributed by atoms with E-state index in [4.69, 9.17) is 4.74 Å². The van der Waals surface area contributed by atoms with Gasteiger partial charge in [0.1, 0.15) is 6.10 Å². The maximum Gasteiger partial charge on any atom is 0.303 e. The average Bonchev–Trinajstić information content (AvgIpc) is 2.92. The molecule has 1 amide bonds. The van der Waals surface area contributed by atoms with Crippen molar-refractivity contribution in [2.75, 3.05) is 5.32 Å². The predicted octanol–water partition coefficient (Wildman–Crippen LogP) is 4.24. The number of anilines is 1. The lowest BCUT2D eigenvalue weighted by Gasteiger charge is -2.20. The Morgan fingerprint density at radius 1 is 1.12 bits per heavy atom. The van der Waals surface area contributed by atoms with Crippen molar-refractivity contribution in [3.63, 3.8) is 0 Å². The zero-order valence-electron chi connectivity index (χ0n) is 15.3. The molecule has 136 valence electrons. The van der Waals surface area contributed by atoms with E-state index in [-0.39, 0.29) is 23.9 Å². The number of aromatic nitrogens is 1. The van der Waals surface area contributed by atoms with Crippen molar-refractivity contribution in [2.45, 2.75) is 77.7 Å². The van der Waals surface area contributed by atoms with Gasteiger partial charge in [0, 0.05) is 12.8 Å². The van der Waals surface area contributed by atoms with Gasteiger partial charge in [-0.25, -0.2) is 0 Å². The second kappa shape index (κ2) is 7.98. The average molecular weight is 344 g/mol. The summed E-state index contributed by atoms with van der Waals surface area (Å²) in [4.78, 5) is 28.4. The molecule has 1 atom stereocenters. The van der Waals surface area contributed by atoms with Gasteiger partial charge in [0.2, 0.25) is 5.91 Å². The second-order valence-electron chi connectivity index (χ2n) is 7.33. The summed E-state index contributed by atoms with van der Waals surface area (Å²) in [5.41, 5.74) is 3.81. The molecule has 5 heteroatoms. The predicted molar refractivity (Wildman–Crippen MR) is 96.2 cm³/mol. The molecule has 0 saturated heterocycles. The summed E-state index contributed by atoms with van der Waals surface area (Å²) < 4.78 is 5.35. The zero-order chi connectivity index (χ0) is 17.8. The van der Waals surface area contributed by atoms with Crippen molar-refractivity contribution in [1.82, 2.24) is 4.98 Å². The number of pyridine rings is 1. The minimum absolute atomic E-state index is 0.113. The monoisotopic (exact) mass is 344 g/mol. The van der Waals surface area contributed by atoms with Gasteiger partial charge in [0.25, 0.3) is 0 Å². The van der Waals surface area contributed by atoms with Gasteiger partial charge in [-0.15, -0.1) is 0 Å². The van der Waals surface area contributed by atoms with E-state index < -0.39 is 0 Å². The highest BCUT2D eigenvalue weighted by atomic mass is 16.5. The Morgan fingerprint density at radius 3 is 2.48 bits per heavy atom. The van der Waals surface area contributed by atoms with E-state index in [9.17, 15) is 9.59 Å². The van der Waals surface area contributed by atoms with E-state index in [0.29, 0.717) is 0 Å². The van der Waals surface area contributed by atoms with Gasteiger partial charge in [-0.2, -0.15) is 0 Å². The maximum absolute atomic E-state index is 12.7. The molecular formula is C20H28N2O3. The van der Waals surface area contributed by atoms with E-state index in [1.54, 1.807) is 6.20 Å². The van der Waals surface area contributed by atoms with Gasteiger partial charge < -0.3 is 10.1 Å². The number of nitrogens with one attached hydrogen (secondary N) is 1. The third-order valence-corrected chi connectivity index (χ3v) is 5.50. The number of amides is 1. The molecule has 1 aromatic rings. The molecule has 1 aromatic heterocycles. The fraction of sp³-hybridized carbons (Fsp3) is 0.650. The number of hydrogen-bond acceptors (Lipinski definition) is 4. The fourth-order valence-electron chi connectivity index (χ4n) is 4.06. The molecule has 0 bridgehead atoms. The number of nitrogens with zero attached hydrogens (tertiary/aromatic N) is 1. The molecular weight excluding hydrogens is 316 g/mol. The second-order valence-corrected chi connectivity index (χ2v) is 7.33. The van der Waals surface area contributed by atoms with Crippen LogP contribution in [0, 0.1) is 12.8 Å². The number of carbonyl (C=O) groups is 2. The zero-order valence-corrected chi connectivity index (χ0v) is 15.3. The Hall–Kier alpha value is -1.91. The standard InChI is InChI=1S/C20H28N2O3/c1-13-16-10-11-18(25-14(2)23)19(16)21-12-17(13)22-20(24)15-8-6-4-3-5-7-9-15/h12,15,18H,3-11H2,1-2H3,(H,22,24). The van der Waals surface area contributed by atoms with Crippen LogP contribution in [0.2, 0.25) is 0 Å². The summed E-state index contributed by atoms with van der Waals surface area (Å²) in [6.45, 7) is 3.44. The van der Waals surface area contributed by atoms with Gasteiger partial charge in [0.15, 0.2) is 0 Å². The molecule has 2 aliphatic rings. The molecule has 1 heterocycles. The normalized spacial score (nSPS) is 21.1. The number of ether oxygens (including phenoxy) is 1. The summed E-state index contributed by atoms with van der Waals surface area (Å²) in [6, 6.07) is 0. The third kappa shape index (κ3) is 4.20.